The third-order valence-electron chi connectivity index (χ3n) is 5.05. The van der Waals surface area contributed by atoms with Gasteiger partial charge in [-0.05, 0) is 54.3 Å². The van der Waals surface area contributed by atoms with Crippen molar-refractivity contribution in [2.45, 2.75) is 19.9 Å². The van der Waals surface area contributed by atoms with Crippen LogP contribution in [-0.4, -0.2) is 27.1 Å². The summed E-state index contributed by atoms with van der Waals surface area (Å²) in [6.07, 6.45) is 1.09. The number of aryl methyl sites for hydroxylation is 2. The van der Waals surface area contributed by atoms with Gasteiger partial charge in [-0.2, -0.15) is 0 Å². The normalized spacial score (nSPS) is 12.3. The van der Waals surface area contributed by atoms with E-state index in [2.05, 4.69) is 5.32 Å². The van der Waals surface area contributed by atoms with E-state index in [1.165, 1.54) is 0 Å². The summed E-state index contributed by atoms with van der Waals surface area (Å²) in [5, 5.41) is 3.53. The fraction of sp³-hybridized carbons (Fsp3) is 0.208. The molecule has 7 heteroatoms. The number of anilines is 1. The van der Waals surface area contributed by atoms with Crippen LogP contribution in [0, 0.1) is 13.8 Å². The number of amides is 1. The van der Waals surface area contributed by atoms with Crippen molar-refractivity contribution in [3.8, 4) is 0 Å². The van der Waals surface area contributed by atoms with Gasteiger partial charge < -0.3 is 5.32 Å². The maximum Gasteiger partial charge on any atom is 0.241 e. The summed E-state index contributed by atoms with van der Waals surface area (Å²) in [5.74, 6) is -0.406. The van der Waals surface area contributed by atoms with Gasteiger partial charge in [0.05, 0.1) is 18.0 Å². The largest absolute Gasteiger partial charge is 0.344 e. The lowest BCUT2D eigenvalue weighted by Crippen LogP contribution is -2.42. The first-order valence-electron chi connectivity index (χ1n) is 9.80. The van der Waals surface area contributed by atoms with Crippen molar-refractivity contribution in [1.82, 2.24) is 5.32 Å². The van der Waals surface area contributed by atoms with Crippen molar-refractivity contribution in [2.24, 2.45) is 0 Å². The number of nitrogens with one attached hydrogen (secondary N) is 1. The minimum Gasteiger partial charge on any atom is -0.344 e. The highest BCUT2D eigenvalue weighted by molar-refractivity contribution is 7.92. The third kappa shape index (κ3) is 5.66. The first-order chi connectivity index (χ1) is 14.7. The molecule has 3 aromatic rings. The minimum absolute atomic E-state index is 0.337. The average Bonchev–Trinajstić information content (AvgIpc) is 2.71. The Balaban J connectivity index is 1.93. The van der Waals surface area contributed by atoms with Crippen LogP contribution in [0.2, 0.25) is 5.02 Å². The first-order valence-corrected chi connectivity index (χ1v) is 12.0. The van der Waals surface area contributed by atoms with E-state index in [-0.39, 0.29) is 6.54 Å². The van der Waals surface area contributed by atoms with Crippen molar-refractivity contribution in [1.29, 1.82) is 0 Å². The summed E-state index contributed by atoms with van der Waals surface area (Å²) in [6, 6.07) is 21.9. The Bertz CT molecular complexity index is 1180. The number of benzene rings is 3. The molecule has 1 N–H and O–H groups in total. The van der Waals surface area contributed by atoms with E-state index in [1.807, 2.05) is 61.5 Å². The highest BCUT2D eigenvalue weighted by atomic mass is 35.5. The summed E-state index contributed by atoms with van der Waals surface area (Å²) in [4.78, 5) is 13.1. The number of halogens is 1. The van der Waals surface area contributed by atoms with Crippen LogP contribution < -0.4 is 9.62 Å². The predicted octanol–water partition coefficient (Wildman–Crippen LogP) is 4.63. The quantitative estimate of drug-likeness (QED) is 0.563. The fourth-order valence-electron chi connectivity index (χ4n) is 3.51. The second-order valence-electron chi connectivity index (χ2n) is 7.47. The molecule has 0 saturated carbocycles. The van der Waals surface area contributed by atoms with E-state index in [4.69, 9.17) is 11.6 Å². The van der Waals surface area contributed by atoms with Crippen molar-refractivity contribution >= 4 is 33.2 Å². The molecular formula is C24H25ClN2O3S. The van der Waals surface area contributed by atoms with Crippen LogP contribution in [0.25, 0.3) is 0 Å². The molecule has 0 aliphatic heterocycles. The van der Waals surface area contributed by atoms with Crippen LogP contribution in [0.1, 0.15) is 28.3 Å². The van der Waals surface area contributed by atoms with Crippen LogP contribution in [-0.2, 0) is 14.8 Å². The Hall–Kier alpha value is -2.83. The summed E-state index contributed by atoms with van der Waals surface area (Å²) >= 11 is 6.01. The summed E-state index contributed by atoms with van der Waals surface area (Å²) < 4.78 is 26.1. The first kappa shape index (κ1) is 22.8. The lowest BCUT2D eigenvalue weighted by atomic mass is 9.95. The number of sulfonamides is 1. The van der Waals surface area contributed by atoms with Crippen LogP contribution in [0.3, 0.4) is 0 Å². The summed E-state index contributed by atoms with van der Waals surface area (Å²) in [7, 11) is -3.69. The van der Waals surface area contributed by atoms with Gasteiger partial charge in [0.25, 0.3) is 0 Å². The van der Waals surface area contributed by atoms with E-state index >= 15 is 0 Å². The Morgan fingerprint density at radius 2 is 1.61 bits per heavy atom. The molecule has 1 amide bonds. The molecule has 1 unspecified atom stereocenters. The highest BCUT2D eigenvalue weighted by Crippen LogP contribution is 2.27. The Labute approximate surface area is 188 Å². The maximum absolute atomic E-state index is 13.1. The molecule has 0 aromatic heterocycles. The number of carbonyl (C=O) groups is 1. The zero-order valence-corrected chi connectivity index (χ0v) is 19.2. The van der Waals surface area contributed by atoms with Gasteiger partial charge in [0.1, 0.15) is 6.54 Å². The predicted molar refractivity (Wildman–Crippen MR) is 126 cm³/mol. The molecule has 162 valence electrons. The van der Waals surface area contributed by atoms with E-state index in [1.54, 1.807) is 25.1 Å². The third-order valence-corrected chi connectivity index (χ3v) is 6.41. The topological polar surface area (TPSA) is 66.5 Å². The van der Waals surface area contributed by atoms with Crippen molar-refractivity contribution < 1.29 is 13.2 Å². The van der Waals surface area contributed by atoms with Gasteiger partial charge in [-0.1, -0.05) is 66.2 Å². The van der Waals surface area contributed by atoms with Crippen molar-refractivity contribution in [3.05, 3.63) is 100 Å². The van der Waals surface area contributed by atoms with Gasteiger partial charge in [-0.3, -0.25) is 9.10 Å². The fourth-order valence-corrected chi connectivity index (χ4v) is 4.65. The summed E-state index contributed by atoms with van der Waals surface area (Å²) in [5.41, 5.74) is 4.00. The lowest BCUT2D eigenvalue weighted by molar-refractivity contribution is -0.120. The van der Waals surface area contributed by atoms with Gasteiger partial charge in [0.2, 0.25) is 15.9 Å². The highest BCUT2D eigenvalue weighted by Gasteiger charge is 2.25. The van der Waals surface area contributed by atoms with Gasteiger partial charge in [-0.25, -0.2) is 8.42 Å². The molecule has 31 heavy (non-hydrogen) atoms. The van der Waals surface area contributed by atoms with Crippen molar-refractivity contribution in [2.75, 3.05) is 17.1 Å². The molecule has 3 rings (SSSR count). The lowest BCUT2D eigenvalue weighted by Gasteiger charge is -2.26. The van der Waals surface area contributed by atoms with E-state index in [0.717, 1.165) is 27.3 Å². The second-order valence-corrected chi connectivity index (χ2v) is 9.81. The molecule has 0 saturated heterocycles. The molecule has 0 fully saturated rings. The molecule has 0 bridgehead atoms. The van der Waals surface area contributed by atoms with Gasteiger partial charge >= 0.3 is 0 Å². The standard InChI is InChI=1S/C24H25ClN2O3S/c1-17-9-7-8-12-21(17)24(19-10-5-4-6-11-19)26-23(28)16-27(31(3,29)30)22-14-13-20(25)15-18(22)2/h4-15,24H,16H2,1-3H3,(H,26,28). The van der Waals surface area contributed by atoms with E-state index in [9.17, 15) is 13.2 Å². The van der Waals surface area contributed by atoms with Gasteiger partial charge in [0.15, 0.2) is 0 Å². The number of hydrogen-bond acceptors (Lipinski definition) is 3. The number of carbonyl (C=O) groups excluding carboxylic acids is 1. The molecule has 1 atom stereocenters. The van der Waals surface area contributed by atoms with Gasteiger partial charge in [-0.15, -0.1) is 0 Å². The van der Waals surface area contributed by atoms with E-state index in [0.29, 0.717) is 16.3 Å². The zero-order valence-electron chi connectivity index (χ0n) is 17.7. The van der Waals surface area contributed by atoms with Gasteiger partial charge in [0, 0.05) is 5.02 Å². The smallest absolute Gasteiger partial charge is 0.241 e. The van der Waals surface area contributed by atoms with Crippen LogP contribution in [0.5, 0.6) is 0 Å². The van der Waals surface area contributed by atoms with Crippen LogP contribution in [0.4, 0.5) is 5.69 Å². The SMILES string of the molecule is Cc1ccccc1C(NC(=O)CN(c1ccc(Cl)cc1C)S(C)(=O)=O)c1ccccc1. The molecular weight excluding hydrogens is 432 g/mol. The minimum atomic E-state index is -3.69. The van der Waals surface area contributed by atoms with Crippen LogP contribution in [0.15, 0.2) is 72.8 Å². The maximum atomic E-state index is 13.1. The van der Waals surface area contributed by atoms with Crippen LogP contribution >= 0.6 is 11.6 Å². The Morgan fingerprint density at radius 3 is 2.23 bits per heavy atom. The second kappa shape index (κ2) is 9.54. The Kier molecular flexibility index (Phi) is 7.03. The molecule has 0 aliphatic rings. The summed E-state index contributed by atoms with van der Waals surface area (Å²) in [6.45, 7) is 3.41. The molecule has 0 heterocycles. The number of nitrogens with zero attached hydrogens (tertiary/aromatic N) is 1. The van der Waals surface area contributed by atoms with E-state index < -0.39 is 22.0 Å². The molecule has 5 nitrogen and oxygen atoms in total. The van der Waals surface area contributed by atoms with Crippen molar-refractivity contribution in [3.63, 3.8) is 0 Å². The molecule has 0 aliphatic carbocycles. The Morgan fingerprint density at radius 1 is 0.968 bits per heavy atom. The molecule has 0 spiro atoms. The average molecular weight is 457 g/mol. The number of rotatable bonds is 7. The zero-order chi connectivity index (χ0) is 22.6. The molecule has 0 radical (unpaired) electrons. The monoisotopic (exact) mass is 456 g/mol. The number of hydrogen-bond donors (Lipinski definition) is 1. The molecule has 3 aromatic carbocycles.